The molecule has 5 nitrogen and oxygen atoms in total. The van der Waals surface area contributed by atoms with Crippen molar-refractivity contribution in [3.63, 3.8) is 0 Å². The summed E-state index contributed by atoms with van der Waals surface area (Å²) >= 11 is 5.67. The van der Waals surface area contributed by atoms with Crippen LogP contribution < -0.4 is 0 Å². The van der Waals surface area contributed by atoms with Crippen LogP contribution in [-0.2, 0) is 9.63 Å². The van der Waals surface area contributed by atoms with Crippen molar-refractivity contribution >= 4 is 29.1 Å². The molecule has 0 amide bonds. The number of Topliss-reactive ketones (excluding diaryl/α,β-unsaturated/α-hetero) is 1. The largest absolute Gasteiger partial charge is 0.476 e. The Hall–Kier alpha value is -2.32. The van der Waals surface area contributed by atoms with Gasteiger partial charge in [0.2, 0.25) is 11.5 Å². The van der Waals surface area contributed by atoms with Crippen LogP contribution >= 0.6 is 11.6 Å². The minimum absolute atomic E-state index is 0.314. The predicted octanol–water partition coefficient (Wildman–Crippen LogP) is 1.61. The number of aliphatic carboxylic acids is 1. The average molecular weight is 266 g/mol. The van der Waals surface area contributed by atoms with Gasteiger partial charge in [0.15, 0.2) is 0 Å². The molecule has 1 aromatic carbocycles. The van der Waals surface area contributed by atoms with E-state index in [0.29, 0.717) is 10.6 Å². The number of carboxylic acids is 1. The van der Waals surface area contributed by atoms with E-state index in [1.807, 2.05) is 0 Å². The number of carbonyl (C=O) groups is 2. The molecule has 0 heterocycles. The summed E-state index contributed by atoms with van der Waals surface area (Å²) in [5.74, 6) is 2.39. The van der Waals surface area contributed by atoms with Crippen molar-refractivity contribution in [1.82, 2.24) is 0 Å². The van der Waals surface area contributed by atoms with Gasteiger partial charge in [-0.15, -0.1) is 0 Å². The van der Waals surface area contributed by atoms with E-state index in [1.165, 1.54) is 31.4 Å². The van der Waals surface area contributed by atoms with Crippen molar-refractivity contribution in [2.24, 2.45) is 5.16 Å². The van der Waals surface area contributed by atoms with Gasteiger partial charge in [0.25, 0.3) is 0 Å². The Morgan fingerprint density at radius 2 is 1.89 bits per heavy atom. The van der Waals surface area contributed by atoms with E-state index in [9.17, 15) is 9.59 Å². The second-order valence-corrected chi connectivity index (χ2v) is 3.45. The SMILES string of the molecule is CON=C(C#CC(=O)c1ccc(Cl)cc1)C(=O)O. The summed E-state index contributed by atoms with van der Waals surface area (Å²) < 4.78 is 0. The van der Waals surface area contributed by atoms with Crippen LogP contribution in [0.5, 0.6) is 0 Å². The van der Waals surface area contributed by atoms with Crippen LogP contribution in [0.15, 0.2) is 29.4 Å². The first-order valence-electron chi connectivity index (χ1n) is 4.71. The molecule has 0 aromatic heterocycles. The van der Waals surface area contributed by atoms with E-state index in [2.05, 4.69) is 21.8 Å². The zero-order chi connectivity index (χ0) is 13.5. The Morgan fingerprint density at radius 3 is 2.39 bits per heavy atom. The van der Waals surface area contributed by atoms with Crippen molar-refractivity contribution in [3.05, 3.63) is 34.9 Å². The number of nitrogens with zero attached hydrogens (tertiary/aromatic N) is 1. The fourth-order valence-corrected chi connectivity index (χ4v) is 1.12. The first-order valence-corrected chi connectivity index (χ1v) is 5.08. The summed E-state index contributed by atoms with van der Waals surface area (Å²) in [6, 6.07) is 6.07. The number of rotatable bonds is 3. The lowest BCUT2D eigenvalue weighted by molar-refractivity contribution is -0.129. The molecule has 0 radical (unpaired) electrons. The van der Waals surface area contributed by atoms with Crippen LogP contribution in [0.4, 0.5) is 0 Å². The summed E-state index contributed by atoms with van der Waals surface area (Å²) in [5, 5.41) is 12.3. The number of ketones is 1. The minimum atomic E-state index is -1.37. The molecule has 0 unspecified atom stereocenters. The number of oxime groups is 1. The highest BCUT2D eigenvalue weighted by Crippen LogP contribution is 2.09. The molecule has 0 saturated carbocycles. The van der Waals surface area contributed by atoms with Crippen LogP contribution in [0, 0.1) is 11.8 Å². The highest BCUT2D eigenvalue weighted by Gasteiger charge is 2.07. The first kappa shape index (κ1) is 13.7. The molecule has 0 bridgehead atoms. The Kier molecular flexibility index (Phi) is 4.90. The maximum absolute atomic E-state index is 11.6. The number of halogens is 1. The van der Waals surface area contributed by atoms with Crippen molar-refractivity contribution in [1.29, 1.82) is 0 Å². The molecule has 6 heteroatoms. The maximum Gasteiger partial charge on any atom is 0.366 e. The minimum Gasteiger partial charge on any atom is -0.476 e. The molecule has 0 aliphatic heterocycles. The fraction of sp³-hybridized carbons (Fsp3) is 0.0833. The molecule has 0 aliphatic carbocycles. The van der Waals surface area contributed by atoms with Crippen molar-refractivity contribution in [2.45, 2.75) is 0 Å². The molecule has 1 rings (SSSR count). The molecule has 1 N–H and O–H groups in total. The van der Waals surface area contributed by atoms with Gasteiger partial charge in [-0.3, -0.25) is 4.79 Å². The lowest BCUT2D eigenvalue weighted by Crippen LogP contribution is -2.11. The van der Waals surface area contributed by atoms with Gasteiger partial charge >= 0.3 is 5.97 Å². The summed E-state index contributed by atoms with van der Waals surface area (Å²) in [6.45, 7) is 0. The number of benzene rings is 1. The molecule has 0 fully saturated rings. The van der Waals surface area contributed by atoms with E-state index < -0.39 is 17.5 Å². The van der Waals surface area contributed by atoms with Gasteiger partial charge in [0, 0.05) is 10.6 Å². The molecule has 18 heavy (non-hydrogen) atoms. The Morgan fingerprint density at radius 1 is 1.28 bits per heavy atom. The normalized spacial score (nSPS) is 10.2. The lowest BCUT2D eigenvalue weighted by atomic mass is 10.1. The van der Waals surface area contributed by atoms with Gasteiger partial charge in [0.1, 0.15) is 7.11 Å². The second-order valence-electron chi connectivity index (χ2n) is 3.01. The molecule has 1 aromatic rings. The molecule has 0 atom stereocenters. The van der Waals surface area contributed by atoms with Crippen molar-refractivity contribution in [3.8, 4) is 11.8 Å². The van der Waals surface area contributed by atoms with Crippen molar-refractivity contribution < 1.29 is 19.5 Å². The second kappa shape index (κ2) is 6.42. The van der Waals surface area contributed by atoms with E-state index >= 15 is 0 Å². The number of hydrogen-bond acceptors (Lipinski definition) is 4. The van der Waals surface area contributed by atoms with Gasteiger partial charge in [-0.2, -0.15) is 0 Å². The van der Waals surface area contributed by atoms with Gasteiger partial charge in [-0.05, 0) is 36.1 Å². The molecular formula is C12H8ClNO4. The summed E-state index contributed by atoms with van der Waals surface area (Å²) in [7, 11) is 1.19. The molecule has 0 aliphatic rings. The maximum atomic E-state index is 11.6. The van der Waals surface area contributed by atoms with Gasteiger partial charge in [-0.1, -0.05) is 16.8 Å². The van der Waals surface area contributed by atoms with Gasteiger partial charge < -0.3 is 9.94 Å². The fourth-order valence-electron chi connectivity index (χ4n) is 0.996. The quantitative estimate of drug-likeness (QED) is 0.296. The summed E-state index contributed by atoms with van der Waals surface area (Å²) in [6.07, 6.45) is 0. The van der Waals surface area contributed by atoms with Crippen LogP contribution in [0.25, 0.3) is 0 Å². The van der Waals surface area contributed by atoms with E-state index in [-0.39, 0.29) is 0 Å². The average Bonchev–Trinajstić information content (AvgIpc) is 2.34. The zero-order valence-electron chi connectivity index (χ0n) is 9.31. The smallest absolute Gasteiger partial charge is 0.366 e. The lowest BCUT2D eigenvalue weighted by Gasteiger charge is -1.93. The van der Waals surface area contributed by atoms with Crippen molar-refractivity contribution in [2.75, 3.05) is 7.11 Å². The van der Waals surface area contributed by atoms with Crippen LogP contribution in [-0.4, -0.2) is 29.7 Å². The highest BCUT2D eigenvalue weighted by atomic mass is 35.5. The van der Waals surface area contributed by atoms with Crippen LogP contribution in [0.3, 0.4) is 0 Å². The van der Waals surface area contributed by atoms with Crippen LogP contribution in [0.2, 0.25) is 5.02 Å². The Labute approximate surface area is 108 Å². The third kappa shape index (κ3) is 3.92. The first-order chi connectivity index (χ1) is 8.54. The monoisotopic (exact) mass is 265 g/mol. The highest BCUT2D eigenvalue weighted by molar-refractivity contribution is 6.43. The molecular weight excluding hydrogens is 258 g/mol. The molecule has 0 saturated heterocycles. The van der Waals surface area contributed by atoms with Crippen LogP contribution in [0.1, 0.15) is 10.4 Å². The van der Waals surface area contributed by atoms with E-state index in [0.717, 1.165) is 0 Å². The third-order valence-corrected chi connectivity index (χ3v) is 2.04. The number of carboxylic acid groups (broad SMARTS) is 1. The zero-order valence-corrected chi connectivity index (χ0v) is 10.1. The molecule has 0 spiro atoms. The van der Waals surface area contributed by atoms with E-state index in [4.69, 9.17) is 16.7 Å². The summed E-state index contributed by atoms with van der Waals surface area (Å²) in [5.41, 5.74) is -0.228. The predicted molar refractivity (Wildman–Crippen MR) is 65.6 cm³/mol. The number of hydrogen-bond donors (Lipinski definition) is 1. The Balaban J connectivity index is 2.91. The summed E-state index contributed by atoms with van der Waals surface area (Å²) in [4.78, 5) is 26.5. The topological polar surface area (TPSA) is 76.0 Å². The number of carbonyl (C=O) groups excluding carboxylic acids is 1. The molecule has 92 valence electrons. The van der Waals surface area contributed by atoms with Gasteiger partial charge in [-0.25, -0.2) is 4.79 Å². The van der Waals surface area contributed by atoms with Gasteiger partial charge in [0.05, 0.1) is 0 Å². The van der Waals surface area contributed by atoms with E-state index in [1.54, 1.807) is 0 Å². The Bertz CT molecular complexity index is 552. The third-order valence-electron chi connectivity index (χ3n) is 1.79. The standard InChI is InChI=1S/C12H8ClNO4/c1-18-14-10(12(16)17)6-7-11(15)8-2-4-9(13)5-3-8/h2-5H,1H3,(H,16,17).